The van der Waals surface area contributed by atoms with Crippen molar-refractivity contribution in [2.75, 3.05) is 0 Å². The Labute approximate surface area is 121 Å². The SMILES string of the molecule is Cc1cc(Oc2ccc(F)cc2Cl)c(C(C)N)cc1F. The molecular weight excluding hydrogens is 284 g/mol. The molecule has 0 aliphatic rings. The summed E-state index contributed by atoms with van der Waals surface area (Å²) in [4.78, 5) is 0. The van der Waals surface area contributed by atoms with Crippen LogP contribution in [0.2, 0.25) is 5.02 Å². The Hall–Kier alpha value is -1.65. The highest BCUT2D eigenvalue weighted by Crippen LogP contribution is 2.34. The standard InChI is InChI=1S/C15H14ClF2NO/c1-8-5-15(11(9(2)19)7-13(8)18)20-14-4-3-10(17)6-12(14)16/h3-7,9H,19H2,1-2H3. The second kappa shape index (κ2) is 5.77. The van der Waals surface area contributed by atoms with Gasteiger partial charge in [0.1, 0.15) is 23.1 Å². The number of halogens is 3. The van der Waals surface area contributed by atoms with E-state index in [1.165, 1.54) is 18.2 Å². The largest absolute Gasteiger partial charge is 0.455 e. The molecule has 106 valence electrons. The molecule has 20 heavy (non-hydrogen) atoms. The Kier molecular flexibility index (Phi) is 4.26. The minimum atomic E-state index is -0.454. The first-order valence-corrected chi connectivity index (χ1v) is 6.45. The molecule has 0 aromatic heterocycles. The van der Waals surface area contributed by atoms with E-state index >= 15 is 0 Å². The number of rotatable bonds is 3. The molecule has 2 rings (SSSR count). The summed E-state index contributed by atoms with van der Waals surface area (Å²) < 4.78 is 32.3. The van der Waals surface area contributed by atoms with Gasteiger partial charge in [-0.05, 0) is 49.7 Å². The molecule has 2 nitrogen and oxygen atoms in total. The van der Waals surface area contributed by atoms with Crippen molar-refractivity contribution in [3.63, 3.8) is 0 Å². The zero-order chi connectivity index (χ0) is 14.9. The topological polar surface area (TPSA) is 35.2 Å². The molecule has 0 amide bonds. The molecule has 5 heteroatoms. The molecule has 0 aliphatic carbocycles. The van der Waals surface area contributed by atoms with E-state index in [-0.39, 0.29) is 10.8 Å². The lowest BCUT2D eigenvalue weighted by atomic mass is 10.1. The number of aryl methyl sites for hydroxylation is 1. The van der Waals surface area contributed by atoms with E-state index in [9.17, 15) is 8.78 Å². The molecule has 0 bridgehead atoms. The second-order valence-corrected chi connectivity index (χ2v) is 5.01. The third kappa shape index (κ3) is 3.08. The van der Waals surface area contributed by atoms with Crippen molar-refractivity contribution in [1.82, 2.24) is 0 Å². The molecule has 2 aromatic rings. The van der Waals surface area contributed by atoms with E-state index in [4.69, 9.17) is 22.1 Å². The van der Waals surface area contributed by atoms with Crippen LogP contribution in [0, 0.1) is 18.6 Å². The van der Waals surface area contributed by atoms with Gasteiger partial charge in [0.2, 0.25) is 0 Å². The van der Waals surface area contributed by atoms with Gasteiger partial charge in [0, 0.05) is 11.6 Å². The maximum Gasteiger partial charge on any atom is 0.146 e. The first-order valence-electron chi connectivity index (χ1n) is 6.07. The summed E-state index contributed by atoms with van der Waals surface area (Å²) in [5.41, 5.74) is 6.76. The summed E-state index contributed by atoms with van der Waals surface area (Å²) in [6.07, 6.45) is 0. The van der Waals surface area contributed by atoms with E-state index in [1.54, 1.807) is 19.9 Å². The average Bonchev–Trinajstić information content (AvgIpc) is 2.36. The fourth-order valence-electron chi connectivity index (χ4n) is 1.79. The van der Waals surface area contributed by atoms with E-state index in [0.29, 0.717) is 22.6 Å². The van der Waals surface area contributed by atoms with Gasteiger partial charge < -0.3 is 10.5 Å². The molecule has 2 aromatic carbocycles. The zero-order valence-electron chi connectivity index (χ0n) is 11.1. The van der Waals surface area contributed by atoms with Gasteiger partial charge in [-0.15, -0.1) is 0 Å². The Bertz CT molecular complexity index is 644. The summed E-state index contributed by atoms with van der Waals surface area (Å²) in [6.45, 7) is 3.35. The van der Waals surface area contributed by atoms with Crippen LogP contribution in [0.15, 0.2) is 30.3 Å². The normalized spacial score (nSPS) is 12.3. The average molecular weight is 298 g/mol. The van der Waals surface area contributed by atoms with Crippen molar-refractivity contribution in [3.05, 3.63) is 58.1 Å². The lowest BCUT2D eigenvalue weighted by molar-refractivity contribution is 0.467. The van der Waals surface area contributed by atoms with Crippen molar-refractivity contribution >= 4 is 11.6 Å². The molecule has 1 unspecified atom stereocenters. The molecule has 0 saturated carbocycles. The van der Waals surface area contributed by atoms with Crippen LogP contribution < -0.4 is 10.5 Å². The van der Waals surface area contributed by atoms with Crippen molar-refractivity contribution in [3.8, 4) is 11.5 Å². The Morgan fingerprint density at radius 3 is 2.45 bits per heavy atom. The van der Waals surface area contributed by atoms with Crippen molar-refractivity contribution in [2.45, 2.75) is 19.9 Å². The molecule has 2 N–H and O–H groups in total. The summed E-state index contributed by atoms with van der Waals surface area (Å²) >= 11 is 5.91. The fourth-order valence-corrected chi connectivity index (χ4v) is 2.00. The van der Waals surface area contributed by atoms with Gasteiger partial charge in [0.15, 0.2) is 0 Å². The lowest BCUT2D eigenvalue weighted by Crippen LogP contribution is -2.08. The minimum Gasteiger partial charge on any atom is -0.455 e. The van der Waals surface area contributed by atoms with Crippen LogP contribution in [0.1, 0.15) is 24.1 Å². The van der Waals surface area contributed by atoms with Crippen LogP contribution in [0.25, 0.3) is 0 Å². The van der Waals surface area contributed by atoms with E-state index in [1.807, 2.05) is 0 Å². The Balaban J connectivity index is 2.44. The smallest absolute Gasteiger partial charge is 0.146 e. The number of ether oxygens (including phenoxy) is 1. The Morgan fingerprint density at radius 1 is 1.15 bits per heavy atom. The molecule has 0 heterocycles. The Morgan fingerprint density at radius 2 is 1.85 bits per heavy atom. The minimum absolute atomic E-state index is 0.141. The number of hydrogen-bond acceptors (Lipinski definition) is 2. The first-order chi connectivity index (χ1) is 9.38. The number of hydrogen-bond donors (Lipinski definition) is 1. The third-order valence-corrected chi connectivity index (χ3v) is 3.19. The molecule has 1 atom stereocenters. The van der Waals surface area contributed by atoms with Gasteiger partial charge >= 0.3 is 0 Å². The number of benzene rings is 2. The quantitative estimate of drug-likeness (QED) is 0.888. The van der Waals surface area contributed by atoms with Gasteiger partial charge in [-0.25, -0.2) is 8.78 Å². The van der Waals surface area contributed by atoms with Crippen molar-refractivity contribution < 1.29 is 13.5 Å². The highest BCUT2D eigenvalue weighted by molar-refractivity contribution is 6.32. The molecule has 0 saturated heterocycles. The first kappa shape index (κ1) is 14.8. The van der Waals surface area contributed by atoms with Crippen LogP contribution in [-0.4, -0.2) is 0 Å². The van der Waals surface area contributed by atoms with Crippen molar-refractivity contribution in [1.29, 1.82) is 0 Å². The monoisotopic (exact) mass is 297 g/mol. The maximum absolute atomic E-state index is 13.6. The lowest BCUT2D eigenvalue weighted by Gasteiger charge is -2.16. The van der Waals surface area contributed by atoms with Crippen LogP contribution in [0.3, 0.4) is 0 Å². The summed E-state index contributed by atoms with van der Waals surface area (Å²) in [7, 11) is 0. The van der Waals surface area contributed by atoms with Gasteiger partial charge in [-0.3, -0.25) is 0 Å². The van der Waals surface area contributed by atoms with Gasteiger partial charge in [0.05, 0.1) is 5.02 Å². The highest BCUT2D eigenvalue weighted by atomic mass is 35.5. The maximum atomic E-state index is 13.6. The summed E-state index contributed by atoms with van der Waals surface area (Å²) in [6, 6.07) is 6.29. The molecule has 0 spiro atoms. The summed E-state index contributed by atoms with van der Waals surface area (Å²) in [5.74, 6) is -0.103. The highest BCUT2D eigenvalue weighted by Gasteiger charge is 2.14. The van der Waals surface area contributed by atoms with Gasteiger partial charge in [-0.2, -0.15) is 0 Å². The molecular formula is C15H14ClF2NO. The van der Waals surface area contributed by atoms with E-state index in [0.717, 1.165) is 6.07 Å². The third-order valence-electron chi connectivity index (χ3n) is 2.90. The predicted molar refractivity (Wildman–Crippen MR) is 75.2 cm³/mol. The number of nitrogens with two attached hydrogens (primary N) is 1. The van der Waals surface area contributed by atoms with Crippen LogP contribution >= 0.6 is 11.6 Å². The van der Waals surface area contributed by atoms with Crippen LogP contribution in [0.5, 0.6) is 11.5 Å². The fraction of sp³-hybridized carbons (Fsp3) is 0.200. The van der Waals surface area contributed by atoms with E-state index < -0.39 is 11.9 Å². The predicted octanol–water partition coefficient (Wildman–Crippen LogP) is 4.74. The van der Waals surface area contributed by atoms with Gasteiger partial charge in [0.25, 0.3) is 0 Å². The van der Waals surface area contributed by atoms with Crippen LogP contribution in [-0.2, 0) is 0 Å². The van der Waals surface area contributed by atoms with Crippen molar-refractivity contribution in [2.24, 2.45) is 5.73 Å². The molecule has 0 radical (unpaired) electrons. The van der Waals surface area contributed by atoms with Gasteiger partial charge in [-0.1, -0.05) is 11.6 Å². The summed E-state index contributed by atoms with van der Waals surface area (Å²) in [5, 5.41) is 0.141. The van der Waals surface area contributed by atoms with Crippen LogP contribution in [0.4, 0.5) is 8.78 Å². The second-order valence-electron chi connectivity index (χ2n) is 4.60. The molecule has 0 fully saturated rings. The zero-order valence-corrected chi connectivity index (χ0v) is 11.8. The molecule has 0 aliphatic heterocycles. The van der Waals surface area contributed by atoms with E-state index in [2.05, 4.69) is 0 Å².